The number of nitrogens with one attached hydrogen (secondary N) is 3. The summed E-state index contributed by atoms with van der Waals surface area (Å²) in [6.45, 7) is 11.0. The van der Waals surface area contributed by atoms with Crippen LogP contribution in [0.25, 0.3) is 6.08 Å². The Morgan fingerprint density at radius 3 is 1.74 bits per heavy atom. The quantitative estimate of drug-likeness (QED) is 0.0344. The second kappa shape index (κ2) is 32.5. The summed E-state index contributed by atoms with van der Waals surface area (Å²) in [5.41, 5.74) is 2.05. The van der Waals surface area contributed by atoms with Gasteiger partial charge in [-0.2, -0.15) is 0 Å². The van der Waals surface area contributed by atoms with Gasteiger partial charge in [-0.05, 0) is 75.8 Å². The number of hydrogen-bond donors (Lipinski definition) is 3. The van der Waals surface area contributed by atoms with E-state index in [9.17, 15) is 24.5 Å². The summed E-state index contributed by atoms with van der Waals surface area (Å²) in [6, 6.07) is 12.6. The SMILES string of the molecule is CCCCCCCCCCCCNC(=O)CCC(NC(=O)CCCCCCCCCCN1c2ccccc2C(C)(C)C12C=Cc1cc([N+](=O)[O-])ccc1O2)C(=O)NCCCCCCCCCCCC. The van der Waals surface area contributed by atoms with Crippen LogP contribution in [0.15, 0.2) is 48.5 Å². The molecule has 3 amide bonds. The summed E-state index contributed by atoms with van der Waals surface area (Å²) in [6.07, 6.45) is 38.0. The number of carbonyl (C=O) groups is 3. The first kappa shape index (κ1) is 57.2. The van der Waals surface area contributed by atoms with Crippen molar-refractivity contribution in [1.29, 1.82) is 0 Å². The molecule has 11 nitrogen and oxygen atoms in total. The Morgan fingerprint density at radius 2 is 1.16 bits per heavy atom. The third-order valence-corrected chi connectivity index (χ3v) is 14.7. The maximum atomic E-state index is 13.4. The van der Waals surface area contributed by atoms with Gasteiger partial charge in [-0.1, -0.05) is 186 Å². The molecule has 2 aliphatic heterocycles. The van der Waals surface area contributed by atoms with Crippen LogP contribution in [0.4, 0.5) is 11.4 Å². The summed E-state index contributed by atoms with van der Waals surface area (Å²) < 4.78 is 6.86. The third-order valence-electron chi connectivity index (χ3n) is 14.7. The number of ether oxygens (including phenoxy) is 1. The number of hydrogen-bond acceptors (Lipinski definition) is 7. The number of unbranched alkanes of at least 4 members (excludes halogenated alkanes) is 25. The van der Waals surface area contributed by atoms with Gasteiger partial charge in [-0.15, -0.1) is 0 Å². The molecule has 2 aromatic rings. The minimum absolute atomic E-state index is 0.0526. The highest BCUT2D eigenvalue weighted by molar-refractivity contribution is 5.88. The Balaban J connectivity index is 1.13. The van der Waals surface area contributed by atoms with E-state index < -0.39 is 11.8 Å². The number of anilines is 1. The summed E-state index contributed by atoms with van der Waals surface area (Å²) in [7, 11) is 0. The van der Waals surface area contributed by atoms with Gasteiger partial charge >= 0.3 is 0 Å². The summed E-state index contributed by atoms with van der Waals surface area (Å²) in [5, 5.41) is 20.5. The molecule has 69 heavy (non-hydrogen) atoms. The highest BCUT2D eigenvalue weighted by Gasteiger charge is 2.58. The molecule has 1 spiro atoms. The lowest BCUT2D eigenvalue weighted by atomic mass is 9.76. The van der Waals surface area contributed by atoms with Gasteiger partial charge in [0, 0.05) is 55.9 Å². The fraction of sp³-hybridized carbons (Fsp3) is 0.707. The van der Waals surface area contributed by atoms with E-state index in [1.165, 1.54) is 114 Å². The normalized spacial score (nSPS) is 15.9. The number of fused-ring (bicyclic) bond motifs is 2. The molecular formula is C58H93N5O6. The molecule has 2 aliphatic rings. The Hall–Kier alpha value is -4.41. The lowest BCUT2D eigenvalue weighted by Gasteiger charge is -2.47. The van der Waals surface area contributed by atoms with Crippen molar-refractivity contribution in [3.8, 4) is 5.75 Å². The molecule has 0 aliphatic carbocycles. The van der Waals surface area contributed by atoms with Gasteiger partial charge in [0.05, 0.1) is 10.3 Å². The Labute approximate surface area is 417 Å². The van der Waals surface area contributed by atoms with E-state index >= 15 is 0 Å². The Morgan fingerprint density at radius 1 is 0.638 bits per heavy atom. The molecular weight excluding hydrogens is 863 g/mol. The maximum Gasteiger partial charge on any atom is 0.270 e. The van der Waals surface area contributed by atoms with Gasteiger partial charge in [0.2, 0.25) is 23.4 Å². The number of nitro benzene ring substituents is 1. The highest BCUT2D eigenvalue weighted by Crippen LogP contribution is 2.55. The van der Waals surface area contributed by atoms with Gasteiger partial charge < -0.3 is 25.6 Å². The third kappa shape index (κ3) is 19.4. The number of benzene rings is 2. The number of carbonyl (C=O) groups excluding carboxylic acids is 3. The smallest absolute Gasteiger partial charge is 0.270 e. The van der Waals surface area contributed by atoms with E-state index in [1.807, 2.05) is 6.08 Å². The van der Waals surface area contributed by atoms with Crippen LogP contribution in [-0.4, -0.2) is 54.0 Å². The van der Waals surface area contributed by atoms with E-state index in [1.54, 1.807) is 12.1 Å². The molecule has 0 radical (unpaired) electrons. The molecule has 386 valence electrons. The van der Waals surface area contributed by atoms with Crippen LogP contribution in [0, 0.1) is 10.1 Å². The van der Waals surface area contributed by atoms with Crippen molar-refractivity contribution >= 4 is 35.2 Å². The minimum Gasteiger partial charge on any atom is -0.463 e. The van der Waals surface area contributed by atoms with Crippen LogP contribution < -0.4 is 25.6 Å². The molecule has 0 aromatic heterocycles. The van der Waals surface area contributed by atoms with Crippen molar-refractivity contribution < 1.29 is 24.0 Å². The minimum atomic E-state index is -0.747. The van der Waals surface area contributed by atoms with Crippen molar-refractivity contribution in [3.63, 3.8) is 0 Å². The second-order valence-electron chi connectivity index (χ2n) is 20.6. The van der Waals surface area contributed by atoms with Crippen molar-refractivity contribution in [1.82, 2.24) is 16.0 Å². The second-order valence-corrected chi connectivity index (χ2v) is 20.6. The van der Waals surface area contributed by atoms with Gasteiger partial charge in [0.1, 0.15) is 11.8 Å². The van der Waals surface area contributed by atoms with E-state index in [0.29, 0.717) is 31.7 Å². The van der Waals surface area contributed by atoms with Crippen molar-refractivity contribution in [2.45, 2.75) is 244 Å². The largest absolute Gasteiger partial charge is 0.463 e. The fourth-order valence-electron chi connectivity index (χ4n) is 10.3. The number of rotatable bonds is 39. The van der Waals surface area contributed by atoms with Crippen LogP contribution in [-0.2, 0) is 19.8 Å². The van der Waals surface area contributed by atoms with Gasteiger partial charge in [0.25, 0.3) is 5.69 Å². The van der Waals surface area contributed by atoms with E-state index in [4.69, 9.17) is 4.74 Å². The zero-order chi connectivity index (χ0) is 49.6. The average Bonchev–Trinajstić information content (AvgIpc) is 3.51. The summed E-state index contributed by atoms with van der Waals surface area (Å²) in [5.74, 6) is 0.294. The summed E-state index contributed by atoms with van der Waals surface area (Å²) in [4.78, 5) is 52.8. The molecule has 2 aromatic carbocycles. The monoisotopic (exact) mass is 956 g/mol. The summed E-state index contributed by atoms with van der Waals surface area (Å²) >= 11 is 0. The lowest BCUT2D eigenvalue weighted by molar-refractivity contribution is -0.384. The molecule has 2 heterocycles. The maximum absolute atomic E-state index is 13.4. The van der Waals surface area contributed by atoms with E-state index in [-0.39, 0.29) is 40.2 Å². The molecule has 3 N–H and O–H groups in total. The van der Waals surface area contributed by atoms with Crippen LogP contribution >= 0.6 is 0 Å². The van der Waals surface area contributed by atoms with Gasteiger partial charge in [-0.25, -0.2) is 0 Å². The zero-order valence-electron chi connectivity index (χ0n) is 43.7. The van der Waals surface area contributed by atoms with Crippen LogP contribution in [0.2, 0.25) is 0 Å². The lowest BCUT2D eigenvalue weighted by Crippen LogP contribution is -2.59. The van der Waals surface area contributed by atoms with Gasteiger partial charge in [0.15, 0.2) is 0 Å². The molecule has 0 fully saturated rings. The zero-order valence-corrected chi connectivity index (χ0v) is 43.7. The molecule has 0 bridgehead atoms. The predicted octanol–water partition coefficient (Wildman–Crippen LogP) is 14.3. The number of nitrogens with zero attached hydrogens (tertiary/aromatic N) is 2. The van der Waals surface area contributed by atoms with Crippen LogP contribution in [0.3, 0.4) is 0 Å². The molecule has 2 atom stereocenters. The van der Waals surface area contributed by atoms with Crippen molar-refractivity contribution in [2.24, 2.45) is 0 Å². The molecule has 0 saturated heterocycles. The van der Waals surface area contributed by atoms with Crippen LogP contribution in [0.1, 0.15) is 238 Å². The molecule has 0 saturated carbocycles. The number of non-ortho nitro benzene ring substituents is 1. The van der Waals surface area contributed by atoms with Crippen molar-refractivity contribution in [2.75, 3.05) is 24.5 Å². The first-order chi connectivity index (χ1) is 33.5. The number of amides is 3. The van der Waals surface area contributed by atoms with E-state index in [0.717, 1.165) is 94.8 Å². The fourth-order valence-corrected chi connectivity index (χ4v) is 10.3. The highest BCUT2D eigenvalue weighted by atomic mass is 16.6. The Bertz CT molecular complexity index is 1850. The standard InChI is InChI=1S/C58H93N5O6/c1-5-7-9-11-13-15-18-22-26-32-44-59-54(64)41-39-51(56(66)60-45-33-27-23-19-16-14-12-10-8-6-2)61-55(65)37-29-25-21-17-20-24-28-34-46-62-52-36-31-30-35-50(52)57(3,4)58(62)43-42-48-47-49(63(67)68)38-40-53(48)69-58/h30-31,35-36,38,40,42-43,47,51H,5-29,32-34,37,39,41,44-46H2,1-4H3,(H,59,64)(H,60,66)(H,61,65). The first-order valence-corrected chi connectivity index (χ1v) is 27.9. The van der Waals surface area contributed by atoms with E-state index in [2.05, 4.69) is 78.9 Å². The van der Waals surface area contributed by atoms with Crippen molar-refractivity contribution in [3.05, 3.63) is 69.8 Å². The molecule has 2 unspecified atom stereocenters. The molecule has 11 heteroatoms. The molecule has 4 rings (SSSR count). The predicted molar refractivity (Wildman–Crippen MR) is 285 cm³/mol. The topological polar surface area (TPSA) is 143 Å². The average molecular weight is 956 g/mol. The Kier molecular flexibility index (Phi) is 26.9. The number of nitro groups is 1. The van der Waals surface area contributed by atoms with Crippen LogP contribution in [0.5, 0.6) is 5.75 Å². The van der Waals surface area contributed by atoms with Gasteiger partial charge in [-0.3, -0.25) is 24.5 Å². The first-order valence-electron chi connectivity index (χ1n) is 27.9. The number of para-hydroxylation sites is 1.